The summed E-state index contributed by atoms with van der Waals surface area (Å²) >= 11 is 11.5. The molecule has 2 rings (SSSR count). The molecule has 1 atom stereocenters. The summed E-state index contributed by atoms with van der Waals surface area (Å²) in [5.41, 5.74) is 1.70. The molecule has 0 radical (unpaired) electrons. The fourth-order valence-corrected chi connectivity index (χ4v) is 3.59. The third-order valence-electron chi connectivity index (χ3n) is 3.83. The maximum Gasteiger partial charge on any atom is 0.175 e. The van der Waals surface area contributed by atoms with Crippen molar-refractivity contribution in [2.45, 2.75) is 24.3 Å². The Morgan fingerprint density at radius 2 is 1.88 bits per heavy atom. The van der Waals surface area contributed by atoms with Gasteiger partial charge in [-0.2, -0.15) is 0 Å². The van der Waals surface area contributed by atoms with Gasteiger partial charge in [0.2, 0.25) is 0 Å². The zero-order chi connectivity index (χ0) is 19.3. The van der Waals surface area contributed by atoms with Crippen molar-refractivity contribution < 1.29 is 13.2 Å². The summed E-state index contributed by atoms with van der Waals surface area (Å²) < 4.78 is 28.3. The predicted octanol–water partition coefficient (Wildman–Crippen LogP) is 4.19. The number of ether oxygens (including phenoxy) is 1. The second-order valence-electron chi connectivity index (χ2n) is 5.75. The second kappa shape index (κ2) is 8.70. The van der Waals surface area contributed by atoms with E-state index < -0.39 is 9.84 Å². The highest BCUT2D eigenvalue weighted by Gasteiger charge is 2.13. The van der Waals surface area contributed by atoms with E-state index in [0.717, 1.165) is 17.7 Å². The Morgan fingerprint density at radius 1 is 1.23 bits per heavy atom. The van der Waals surface area contributed by atoms with Crippen LogP contribution in [0.15, 0.2) is 47.4 Å². The van der Waals surface area contributed by atoms with E-state index in [-0.39, 0.29) is 6.04 Å². The van der Waals surface area contributed by atoms with Crippen LogP contribution in [0.5, 0.6) is 5.75 Å². The molecular formula is C18H21ClN2O3S2. The number of anilines is 1. The average molecular weight is 413 g/mol. The molecule has 2 aromatic rings. The maximum absolute atomic E-state index is 11.6. The molecule has 0 aliphatic rings. The zero-order valence-corrected chi connectivity index (χ0v) is 17.1. The Kier molecular flexibility index (Phi) is 6.86. The number of halogens is 1. The molecule has 2 N–H and O–H groups in total. The Balaban J connectivity index is 2.07. The van der Waals surface area contributed by atoms with Gasteiger partial charge in [0, 0.05) is 11.9 Å². The molecule has 0 unspecified atom stereocenters. The number of thiocarbonyl (C=S) groups is 1. The molecule has 0 fully saturated rings. The average Bonchev–Trinajstić information content (AvgIpc) is 2.59. The lowest BCUT2D eigenvalue weighted by Crippen LogP contribution is -2.32. The molecule has 140 valence electrons. The fraction of sp³-hybridized carbons (Fsp3) is 0.278. The second-order valence-corrected chi connectivity index (χ2v) is 8.58. The first-order chi connectivity index (χ1) is 12.2. The van der Waals surface area contributed by atoms with Crippen LogP contribution in [0.2, 0.25) is 5.02 Å². The van der Waals surface area contributed by atoms with E-state index in [9.17, 15) is 8.42 Å². The van der Waals surface area contributed by atoms with Gasteiger partial charge in [-0.15, -0.1) is 0 Å². The molecule has 0 aliphatic carbocycles. The quantitative estimate of drug-likeness (QED) is 0.693. The van der Waals surface area contributed by atoms with Gasteiger partial charge in [-0.3, -0.25) is 0 Å². The fourth-order valence-electron chi connectivity index (χ4n) is 2.44. The van der Waals surface area contributed by atoms with Gasteiger partial charge in [-0.05, 0) is 54.5 Å². The maximum atomic E-state index is 11.6. The highest BCUT2D eigenvalue weighted by molar-refractivity contribution is 7.90. The van der Waals surface area contributed by atoms with Crippen LogP contribution in [0.1, 0.15) is 24.9 Å². The summed E-state index contributed by atoms with van der Waals surface area (Å²) in [6.07, 6.45) is 1.97. The standard InChI is InChI=1S/C18H21ClN2O3S2/c1-4-16(12-5-8-14(9-6-12)26(3,22)23)21-18(25)20-13-7-10-17(24-2)15(19)11-13/h5-11,16H,4H2,1-3H3,(H2,20,21,25)/t16-/m0/s1. The zero-order valence-electron chi connectivity index (χ0n) is 14.7. The van der Waals surface area contributed by atoms with Gasteiger partial charge in [-0.1, -0.05) is 30.7 Å². The van der Waals surface area contributed by atoms with Crippen molar-refractivity contribution in [2.75, 3.05) is 18.7 Å². The topological polar surface area (TPSA) is 67.4 Å². The van der Waals surface area contributed by atoms with E-state index in [4.69, 9.17) is 28.6 Å². The minimum absolute atomic E-state index is 0.0441. The molecule has 0 heterocycles. The number of sulfone groups is 1. The molecule has 0 saturated heterocycles. The Bertz CT molecular complexity index is 884. The van der Waals surface area contributed by atoms with Gasteiger partial charge >= 0.3 is 0 Å². The number of hydrogen-bond donors (Lipinski definition) is 2. The first kappa shape index (κ1) is 20.5. The lowest BCUT2D eigenvalue weighted by Gasteiger charge is -2.20. The van der Waals surface area contributed by atoms with Crippen LogP contribution in [0.3, 0.4) is 0 Å². The molecule has 0 aliphatic heterocycles. The summed E-state index contributed by atoms with van der Waals surface area (Å²) in [6, 6.07) is 12.1. The summed E-state index contributed by atoms with van der Waals surface area (Å²) in [4.78, 5) is 0.296. The van der Waals surface area contributed by atoms with Gasteiger partial charge in [-0.25, -0.2) is 8.42 Å². The van der Waals surface area contributed by atoms with E-state index in [2.05, 4.69) is 10.6 Å². The van der Waals surface area contributed by atoms with Crippen LogP contribution < -0.4 is 15.4 Å². The number of methoxy groups -OCH3 is 1. The minimum Gasteiger partial charge on any atom is -0.495 e. The van der Waals surface area contributed by atoms with Crippen LogP contribution in [-0.4, -0.2) is 26.9 Å². The molecule has 26 heavy (non-hydrogen) atoms. The summed E-state index contributed by atoms with van der Waals surface area (Å²) in [7, 11) is -1.65. The SMILES string of the molecule is CC[C@H](NC(=S)Nc1ccc(OC)c(Cl)c1)c1ccc(S(C)(=O)=O)cc1. The predicted molar refractivity (Wildman–Crippen MR) is 110 cm³/mol. The van der Waals surface area contributed by atoms with E-state index in [1.807, 2.05) is 13.0 Å². The molecule has 2 aromatic carbocycles. The molecule has 0 bridgehead atoms. The number of benzene rings is 2. The summed E-state index contributed by atoms with van der Waals surface area (Å²) in [5, 5.41) is 7.26. The molecule has 5 nitrogen and oxygen atoms in total. The van der Waals surface area contributed by atoms with Gasteiger partial charge in [0.25, 0.3) is 0 Å². The lowest BCUT2D eigenvalue weighted by atomic mass is 10.1. The Labute approximate surface area is 164 Å². The van der Waals surface area contributed by atoms with Crippen LogP contribution in [-0.2, 0) is 9.84 Å². The van der Waals surface area contributed by atoms with Crippen LogP contribution >= 0.6 is 23.8 Å². The van der Waals surface area contributed by atoms with Crippen LogP contribution in [0.25, 0.3) is 0 Å². The van der Waals surface area contributed by atoms with Gasteiger partial charge in [0.1, 0.15) is 5.75 Å². The minimum atomic E-state index is -3.21. The molecular weight excluding hydrogens is 392 g/mol. The molecule has 0 saturated carbocycles. The summed E-state index contributed by atoms with van der Waals surface area (Å²) in [5.74, 6) is 0.591. The number of hydrogen-bond acceptors (Lipinski definition) is 4. The van der Waals surface area contributed by atoms with Crippen molar-refractivity contribution in [1.82, 2.24) is 5.32 Å². The van der Waals surface area contributed by atoms with E-state index in [1.54, 1.807) is 43.5 Å². The van der Waals surface area contributed by atoms with Gasteiger partial charge in [0.05, 0.1) is 23.1 Å². The van der Waals surface area contributed by atoms with Gasteiger partial charge in [0.15, 0.2) is 14.9 Å². The normalized spacial score (nSPS) is 12.3. The first-order valence-electron chi connectivity index (χ1n) is 7.95. The highest BCUT2D eigenvalue weighted by atomic mass is 35.5. The van der Waals surface area contributed by atoms with E-state index >= 15 is 0 Å². The molecule has 8 heteroatoms. The smallest absolute Gasteiger partial charge is 0.175 e. The van der Waals surface area contributed by atoms with E-state index in [0.29, 0.717) is 20.8 Å². The lowest BCUT2D eigenvalue weighted by molar-refractivity contribution is 0.415. The largest absolute Gasteiger partial charge is 0.495 e. The van der Waals surface area contributed by atoms with Crippen molar-refractivity contribution in [3.05, 3.63) is 53.1 Å². The number of rotatable bonds is 6. The molecule has 0 spiro atoms. The third kappa shape index (κ3) is 5.33. The van der Waals surface area contributed by atoms with Crippen molar-refractivity contribution >= 4 is 44.5 Å². The van der Waals surface area contributed by atoms with Crippen molar-refractivity contribution in [1.29, 1.82) is 0 Å². The third-order valence-corrected chi connectivity index (χ3v) is 5.48. The van der Waals surface area contributed by atoms with Gasteiger partial charge < -0.3 is 15.4 Å². The summed E-state index contributed by atoms with van der Waals surface area (Å²) in [6.45, 7) is 2.02. The van der Waals surface area contributed by atoms with Crippen molar-refractivity contribution in [3.8, 4) is 5.75 Å². The van der Waals surface area contributed by atoms with E-state index in [1.165, 1.54) is 6.26 Å². The molecule has 0 aromatic heterocycles. The van der Waals surface area contributed by atoms with Crippen molar-refractivity contribution in [3.63, 3.8) is 0 Å². The monoisotopic (exact) mass is 412 g/mol. The van der Waals surface area contributed by atoms with Crippen LogP contribution in [0.4, 0.5) is 5.69 Å². The van der Waals surface area contributed by atoms with Crippen LogP contribution in [0, 0.1) is 0 Å². The Hall–Kier alpha value is -1.83. The Morgan fingerprint density at radius 3 is 2.38 bits per heavy atom. The molecule has 0 amide bonds. The highest BCUT2D eigenvalue weighted by Crippen LogP contribution is 2.27. The number of nitrogens with one attached hydrogen (secondary N) is 2. The first-order valence-corrected chi connectivity index (χ1v) is 10.6. The van der Waals surface area contributed by atoms with Crippen molar-refractivity contribution in [2.24, 2.45) is 0 Å².